The number of esters is 1. The van der Waals surface area contributed by atoms with Gasteiger partial charge in [0, 0.05) is 50.9 Å². The average molecular weight is 998 g/mol. The van der Waals surface area contributed by atoms with Crippen LogP contribution in [0.2, 0.25) is 0 Å². The number of likely N-dealkylation sites (tertiary alicyclic amines) is 2. The molecule has 0 spiro atoms. The number of alkyl carbamates (subject to hydrolysis) is 2. The molecule has 2 heterocycles. The first kappa shape index (κ1) is 65.2. The minimum Gasteiger partial charge on any atom is -0.553 e. The summed E-state index contributed by atoms with van der Waals surface area (Å²) >= 11 is 0. The molecule has 2 aliphatic heterocycles. The molecule has 0 aromatic heterocycles. The van der Waals surface area contributed by atoms with Crippen molar-refractivity contribution in [2.45, 2.75) is 168 Å². The largest absolute Gasteiger partial charge is 1.00 e. The van der Waals surface area contributed by atoms with Crippen LogP contribution in [0.4, 0.5) is 9.59 Å². The molecule has 2 fully saturated rings. The number of carbonyl (C=O) groups excluding carboxylic acids is 5. The minimum absolute atomic E-state index is 0. The molecule has 0 aromatic rings. The zero-order valence-corrected chi connectivity index (χ0v) is 44.2. The van der Waals surface area contributed by atoms with Crippen LogP contribution < -0.4 is 72.7 Å². The van der Waals surface area contributed by atoms with Crippen LogP contribution in [0.1, 0.15) is 108 Å². The van der Waals surface area contributed by atoms with Gasteiger partial charge >= 0.3 is 75.5 Å². The second kappa shape index (κ2) is 32.2. The Morgan fingerprint density at radius 1 is 0.691 bits per heavy atom. The predicted molar refractivity (Wildman–Crippen MR) is 247 cm³/mol. The van der Waals surface area contributed by atoms with E-state index in [0.29, 0.717) is 25.2 Å². The van der Waals surface area contributed by atoms with Crippen molar-refractivity contribution in [3.05, 3.63) is 29.2 Å². The standard InChI is InChI=1S/C23H39N3O7.C21H35N3O7.CH4.K.H2NO/c1-6-31-21(29)16-12-18(25-22(30)33-23(3,4)5)20(24-15(2)28)19(13-16)26-9-7-8-17(14-26)32-11-10-27;1-13(26)22-18-16(23-20(29)31-21(2,3)4)10-14(19(27)28)11-17(18)24-7-5-6-15(12-24)30-9-8-25;;;1-2/h13,17-20,27H,6-12,14H2,1-5H3,(H,24,28)(H,25,30);11,15-18,25H,5-10,12H2,1-4H3,(H,22,26)(H,23,29)(H,27,28);1H4;;1-2H/q;;;+1;-1/t17-,18-,19+,20+;15-,16-,17+,18+;;;/m00.../s1. The minimum atomic E-state index is -1.06. The molecule has 4 amide bonds. The third-order valence-electron chi connectivity index (χ3n) is 10.7. The molecule has 0 radical (unpaired) electrons. The number of aliphatic carboxylic acids is 1. The molecule has 68 heavy (non-hydrogen) atoms. The maximum atomic E-state index is 12.6. The van der Waals surface area contributed by atoms with Crippen molar-refractivity contribution in [3.63, 3.8) is 0 Å². The predicted octanol–water partition coefficient (Wildman–Crippen LogP) is -0.172. The van der Waals surface area contributed by atoms with E-state index in [2.05, 4.69) is 31.1 Å². The number of hydrogen-bond donors (Lipinski definition) is 8. The van der Waals surface area contributed by atoms with Crippen LogP contribution in [-0.2, 0) is 42.9 Å². The summed E-state index contributed by atoms with van der Waals surface area (Å²) in [5, 5.41) is 45.5. The molecule has 23 heteroatoms. The number of rotatable bonds is 15. The molecule has 9 N–H and O–H groups in total. The third-order valence-corrected chi connectivity index (χ3v) is 10.7. The van der Waals surface area contributed by atoms with Gasteiger partial charge in [-0.15, -0.1) is 0 Å². The van der Waals surface area contributed by atoms with Gasteiger partial charge < -0.3 is 71.4 Å². The van der Waals surface area contributed by atoms with E-state index in [1.165, 1.54) is 13.8 Å². The smallest absolute Gasteiger partial charge is 0.553 e. The van der Waals surface area contributed by atoms with Gasteiger partial charge in [0.25, 0.3) is 0 Å². The first-order chi connectivity index (χ1) is 31.0. The molecular formula is C45H80KN7O15. The zero-order chi connectivity index (χ0) is 49.8. The van der Waals surface area contributed by atoms with E-state index >= 15 is 0 Å². The Bertz CT molecular complexity index is 1660. The summed E-state index contributed by atoms with van der Waals surface area (Å²) in [6.07, 6.45) is 5.71. The number of nitrogens with zero attached hydrogens (tertiary/aromatic N) is 2. The molecule has 0 bridgehead atoms. The van der Waals surface area contributed by atoms with E-state index in [0.717, 1.165) is 32.2 Å². The fraction of sp³-hybridized carbons (Fsp3) is 0.778. The molecule has 22 nitrogen and oxygen atoms in total. The SMILES string of the molecule is C.CC(=O)N[C@@H]1[C@@H](NC(=O)OC(C)(C)C)CC(C(=O)O)=C[C@H]1N1CCC[C@H](OCCO)C1.CCOC(=O)C1=C[C@@H](N2CCC[C@H](OCCO)C2)[C@H](NC(C)=O)[C@@H](NC(=O)OC(C)(C)C)C1.[K+].[NH-]O. The summed E-state index contributed by atoms with van der Waals surface area (Å²) in [7, 11) is 0. The van der Waals surface area contributed by atoms with Gasteiger partial charge in [0.15, 0.2) is 0 Å². The third kappa shape index (κ3) is 23.4. The summed E-state index contributed by atoms with van der Waals surface area (Å²) in [5.41, 5.74) is -0.781. The number of nitrogens with one attached hydrogen (secondary N) is 5. The van der Waals surface area contributed by atoms with Crippen molar-refractivity contribution in [1.29, 1.82) is 0 Å². The number of aliphatic hydroxyl groups excluding tert-OH is 2. The maximum Gasteiger partial charge on any atom is 1.00 e. The van der Waals surface area contributed by atoms with Crippen molar-refractivity contribution >= 4 is 35.9 Å². The number of aliphatic hydroxyl groups is 2. The number of hydrogen-bond acceptors (Lipinski definition) is 16. The molecule has 386 valence electrons. The summed E-state index contributed by atoms with van der Waals surface area (Å²) in [6.45, 7) is 18.2. The Morgan fingerprint density at radius 3 is 1.41 bits per heavy atom. The normalized spacial score (nSPS) is 25.2. The van der Waals surface area contributed by atoms with Gasteiger partial charge in [0.05, 0.1) is 81.5 Å². The number of carboxylic acids is 1. The Hall–Kier alpha value is -2.78. The summed E-state index contributed by atoms with van der Waals surface area (Å²) < 4.78 is 27.4. The fourth-order valence-electron chi connectivity index (χ4n) is 8.38. The Kier molecular flexibility index (Phi) is 30.9. The molecular weight excluding hydrogens is 918 g/mol. The van der Waals surface area contributed by atoms with Gasteiger partial charge in [0.2, 0.25) is 11.8 Å². The van der Waals surface area contributed by atoms with E-state index in [1.54, 1.807) is 54.5 Å². The summed E-state index contributed by atoms with van der Waals surface area (Å²) in [5.74, 6) is 2.74. The van der Waals surface area contributed by atoms with Gasteiger partial charge in [0.1, 0.15) is 11.2 Å². The van der Waals surface area contributed by atoms with Crippen molar-refractivity contribution in [2.75, 3.05) is 59.2 Å². The molecule has 2 aliphatic carbocycles. The van der Waals surface area contributed by atoms with Crippen molar-refractivity contribution < 1.29 is 124 Å². The van der Waals surface area contributed by atoms with E-state index in [-0.39, 0.29) is 140 Å². The van der Waals surface area contributed by atoms with E-state index < -0.39 is 65.5 Å². The first-order valence-corrected chi connectivity index (χ1v) is 22.5. The van der Waals surface area contributed by atoms with Crippen LogP contribution in [0.3, 0.4) is 0 Å². The topological polar surface area (TPSA) is 308 Å². The molecule has 0 aromatic carbocycles. The van der Waals surface area contributed by atoms with E-state index in [9.17, 15) is 33.9 Å². The zero-order valence-electron chi connectivity index (χ0n) is 41.1. The summed E-state index contributed by atoms with van der Waals surface area (Å²) in [6, 6.07) is -3.04. The number of ether oxygens (including phenoxy) is 5. The summed E-state index contributed by atoms with van der Waals surface area (Å²) in [4.78, 5) is 77.7. The molecule has 4 aliphatic rings. The quantitative estimate of drug-likeness (QED) is 0.0457. The van der Waals surface area contributed by atoms with Crippen LogP contribution in [0.15, 0.2) is 23.3 Å². The van der Waals surface area contributed by atoms with Crippen LogP contribution >= 0.6 is 0 Å². The van der Waals surface area contributed by atoms with Gasteiger partial charge in [-0.05, 0) is 87.2 Å². The molecule has 2 saturated heterocycles. The number of carboxylic acid groups (broad SMARTS) is 1. The molecule has 4 rings (SSSR count). The van der Waals surface area contributed by atoms with Gasteiger partial charge in [-0.1, -0.05) is 19.6 Å². The van der Waals surface area contributed by atoms with Crippen molar-refractivity contribution in [1.82, 2.24) is 31.1 Å². The average Bonchev–Trinajstić information content (AvgIpc) is 3.22. The first-order valence-electron chi connectivity index (χ1n) is 22.5. The Balaban J connectivity index is 0.00000124. The maximum absolute atomic E-state index is 12.6. The molecule has 8 atom stereocenters. The molecule has 0 saturated carbocycles. The van der Waals surface area contributed by atoms with Gasteiger partial charge in [-0.3, -0.25) is 19.4 Å². The fourth-order valence-corrected chi connectivity index (χ4v) is 8.38. The Morgan fingerprint density at radius 2 is 1.07 bits per heavy atom. The Labute approximate surface area is 444 Å². The van der Waals surface area contributed by atoms with Crippen molar-refractivity contribution in [2.24, 2.45) is 0 Å². The van der Waals surface area contributed by atoms with Crippen LogP contribution in [0.25, 0.3) is 5.90 Å². The number of amides is 4. The monoisotopic (exact) mass is 998 g/mol. The van der Waals surface area contributed by atoms with E-state index in [4.69, 9.17) is 45.0 Å². The van der Waals surface area contributed by atoms with Crippen LogP contribution in [0.5, 0.6) is 0 Å². The molecule has 0 unspecified atom stereocenters. The van der Waals surface area contributed by atoms with Crippen LogP contribution in [-0.4, -0.2) is 185 Å². The van der Waals surface area contributed by atoms with E-state index in [1.807, 2.05) is 6.08 Å². The van der Waals surface area contributed by atoms with Gasteiger partial charge in [-0.2, -0.15) is 0 Å². The number of carbonyl (C=O) groups is 6. The van der Waals surface area contributed by atoms with Crippen molar-refractivity contribution in [3.8, 4) is 0 Å². The van der Waals surface area contributed by atoms with Crippen LogP contribution in [0, 0.1) is 0 Å². The number of piperidine rings is 2. The van der Waals surface area contributed by atoms with Gasteiger partial charge in [-0.25, -0.2) is 19.2 Å². The second-order valence-electron chi connectivity index (χ2n) is 18.5. The second-order valence-corrected chi connectivity index (χ2v) is 18.5.